The van der Waals surface area contributed by atoms with Gasteiger partial charge in [-0.2, -0.15) is 0 Å². The predicted octanol–water partition coefficient (Wildman–Crippen LogP) is 1.36. The highest BCUT2D eigenvalue weighted by Gasteiger charge is 2.29. The summed E-state index contributed by atoms with van der Waals surface area (Å²) < 4.78 is 33.5. The summed E-state index contributed by atoms with van der Waals surface area (Å²) in [5.74, 6) is 0.401. The fourth-order valence-electron chi connectivity index (χ4n) is 2.47. The van der Waals surface area contributed by atoms with E-state index in [9.17, 15) is 13.2 Å². The number of rotatable bonds is 3. The highest BCUT2D eigenvalue weighted by atomic mass is 32.2. The molecule has 0 spiro atoms. The van der Waals surface area contributed by atoms with E-state index in [1.807, 2.05) is 12.1 Å². The Morgan fingerprint density at radius 1 is 1.43 bits per heavy atom. The molecular weight excluding hydrogens is 294 g/mol. The Morgan fingerprint density at radius 3 is 2.90 bits per heavy atom. The molecule has 7 heteroatoms. The number of nitrogens with one attached hydrogen (secondary N) is 1. The number of sulfone groups is 1. The van der Waals surface area contributed by atoms with E-state index in [-0.39, 0.29) is 23.3 Å². The Morgan fingerprint density at radius 2 is 2.24 bits per heavy atom. The SMILES string of the molecule is COc1cccc2cc(C(=O)N[C@H]3CCS(=O)(=O)C3)oc12. The molecule has 0 radical (unpaired) electrons. The van der Waals surface area contributed by atoms with Gasteiger partial charge in [0.2, 0.25) is 0 Å². The number of amides is 1. The van der Waals surface area contributed by atoms with Crippen molar-refractivity contribution >= 4 is 26.7 Å². The van der Waals surface area contributed by atoms with Gasteiger partial charge < -0.3 is 14.5 Å². The van der Waals surface area contributed by atoms with Gasteiger partial charge in [0.1, 0.15) is 0 Å². The van der Waals surface area contributed by atoms with Crippen LogP contribution in [0, 0.1) is 0 Å². The normalized spacial score (nSPS) is 20.5. The number of hydrogen-bond donors (Lipinski definition) is 1. The molecular formula is C14H15NO5S. The molecule has 1 aromatic carbocycles. The highest BCUT2D eigenvalue weighted by molar-refractivity contribution is 7.91. The summed E-state index contributed by atoms with van der Waals surface area (Å²) >= 11 is 0. The monoisotopic (exact) mass is 309 g/mol. The molecule has 0 saturated carbocycles. The minimum Gasteiger partial charge on any atom is -0.493 e. The quantitative estimate of drug-likeness (QED) is 0.925. The summed E-state index contributed by atoms with van der Waals surface area (Å²) in [7, 11) is -1.50. The van der Waals surface area contributed by atoms with Gasteiger partial charge >= 0.3 is 0 Å². The van der Waals surface area contributed by atoms with Crippen molar-refractivity contribution in [3.05, 3.63) is 30.0 Å². The van der Waals surface area contributed by atoms with Crippen molar-refractivity contribution in [2.75, 3.05) is 18.6 Å². The zero-order chi connectivity index (χ0) is 15.0. The van der Waals surface area contributed by atoms with Gasteiger partial charge in [0, 0.05) is 11.4 Å². The smallest absolute Gasteiger partial charge is 0.287 e. The largest absolute Gasteiger partial charge is 0.493 e. The molecule has 112 valence electrons. The number of carbonyl (C=O) groups excluding carboxylic acids is 1. The first-order valence-electron chi connectivity index (χ1n) is 6.56. The summed E-state index contributed by atoms with van der Waals surface area (Å²) in [5, 5.41) is 3.46. The zero-order valence-corrected chi connectivity index (χ0v) is 12.3. The van der Waals surface area contributed by atoms with Crippen molar-refractivity contribution in [3.63, 3.8) is 0 Å². The summed E-state index contributed by atoms with van der Waals surface area (Å²) in [6.45, 7) is 0. The number of fused-ring (bicyclic) bond motifs is 1. The first-order chi connectivity index (χ1) is 9.98. The Kier molecular flexibility index (Phi) is 3.36. The van der Waals surface area contributed by atoms with Crippen LogP contribution in [0.4, 0.5) is 0 Å². The van der Waals surface area contributed by atoms with Crippen LogP contribution in [0.2, 0.25) is 0 Å². The van der Waals surface area contributed by atoms with Gasteiger partial charge in [-0.1, -0.05) is 12.1 Å². The van der Waals surface area contributed by atoms with E-state index in [0.29, 0.717) is 17.8 Å². The van der Waals surface area contributed by atoms with Crippen molar-refractivity contribution in [1.29, 1.82) is 0 Å². The van der Waals surface area contributed by atoms with Gasteiger partial charge in [-0.15, -0.1) is 0 Å². The van der Waals surface area contributed by atoms with Gasteiger partial charge in [-0.05, 0) is 18.6 Å². The lowest BCUT2D eigenvalue weighted by atomic mass is 10.2. The molecule has 2 heterocycles. The van der Waals surface area contributed by atoms with Crippen molar-refractivity contribution in [2.45, 2.75) is 12.5 Å². The Balaban J connectivity index is 1.82. The lowest BCUT2D eigenvalue weighted by Crippen LogP contribution is -2.35. The van der Waals surface area contributed by atoms with E-state index in [0.717, 1.165) is 5.39 Å². The molecule has 1 atom stereocenters. The van der Waals surface area contributed by atoms with Crippen LogP contribution in [-0.2, 0) is 9.84 Å². The fraction of sp³-hybridized carbons (Fsp3) is 0.357. The number of furan rings is 1. The van der Waals surface area contributed by atoms with Gasteiger partial charge in [-0.25, -0.2) is 8.42 Å². The molecule has 1 aliphatic rings. The minimum atomic E-state index is -3.02. The Bertz CT molecular complexity index is 793. The maximum atomic E-state index is 12.1. The summed E-state index contributed by atoms with van der Waals surface area (Å²) in [6, 6.07) is 6.64. The highest BCUT2D eigenvalue weighted by Crippen LogP contribution is 2.28. The van der Waals surface area contributed by atoms with Crippen LogP contribution in [0.1, 0.15) is 17.0 Å². The van der Waals surface area contributed by atoms with E-state index in [2.05, 4.69) is 5.32 Å². The molecule has 2 aromatic rings. The van der Waals surface area contributed by atoms with E-state index < -0.39 is 15.7 Å². The molecule has 1 aliphatic heterocycles. The standard InChI is InChI=1S/C14H15NO5S/c1-19-11-4-2-3-9-7-12(20-13(9)11)14(16)15-10-5-6-21(17,18)8-10/h2-4,7,10H,5-6,8H2,1H3,(H,15,16)/t10-/m0/s1. The second kappa shape index (κ2) is 5.07. The van der Waals surface area contributed by atoms with Gasteiger partial charge in [0.05, 0.1) is 18.6 Å². The van der Waals surface area contributed by atoms with Crippen LogP contribution in [0.3, 0.4) is 0 Å². The van der Waals surface area contributed by atoms with Gasteiger partial charge in [-0.3, -0.25) is 4.79 Å². The van der Waals surface area contributed by atoms with E-state index >= 15 is 0 Å². The van der Waals surface area contributed by atoms with Crippen molar-refractivity contribution in [1.82, 2.24) is 5.32 Å². The van der Waals surface area contributed by atoms with Crippen molar-refractivity contribution < 1.29 is 22.4 Å². The summed E-state index contributed by atoms with van der Waals surface area (Å²) in [5.41, 5.74) is 0.504. The maximum Gasteiger partial charge on any atom is 0.287 e. The molecule has 0 unspecified atom stereocenters. The molecule has 0 aliphatic carbocycles. The van der Waals surface area contributed by atoms with Crippen LogP contribution in [-0.4, -0.2) is 39.0 Å². The second-order valence-electron chi connectivity index (χ2n) is 5.06. The maximum absolute atomic E-state index is 12.1. The third-order valence-corrected chi connectivity index (χ3v) is 5.29. The van der Waals surface area contributed by atoms with Crippen LogP contribution < -0.4 is 10.1 Å². The van der Waals surface area contributed by atoms with Crippen LogP contribution in [0.15, 0.2) is 28.7 Å². The average Bonchev–Trinajstić information content (AvgIpc) is 3.01. The van der Waals surface area contributed by atoms with Gasteiger partial charge in [0.25, 0.3) is 5.91 Å². The molecule has 0 bridgehead atoms. The number of ether oxygens (including phenoxy) is 1. The average molecular weight is 309 g/mol. The molecule has 1 fully saturated rings. The molecule has 1 aromatic heterocycles. The van der Waals surface area contributed by atoms with Crippen LogP contribution in [0.25, 0.3) is 11.0 Å². The van der Waals surface area contributed by atoms with Crippen LogP contribution in [0.5, 0.6) is 5.75 Å². The molecule has 6 nitrogen and oxygen atoms in total. The zero-order valence-electron chi connectivity index (χ0n) is 11.5. The third kappa shape index (κ3) is 2.73. The molecule has 1 saturated heterocycles. The number of hydrogen-bond acceptors (Lipinski definition) is 5. The first-order valence-corrected chi connectivity index (χ1v) is 8.38. The summed E-state index contributed by atoms with van der Waals surface area (Å²) in [4.78, 5) is 12.1. The van der Waals surface area contributed by atoms with E-state index in [1.165, 1.54) is 7.11 Å². The topological polar surface area (TPSA) is 85.6 Å². The number of methoxy groups -OCH3 is 1. The third-order valence-electron chi connectivity index (χ3n) is 3.52. The number of benzene rings is 1. The lowest BCUT2D eigenvalue weighted by Gasteiger charge is -2.08. The lowest BCUT2D eigenvalue weighted by molar-refractivity contribution is 0.0915. The molecule has 1 amide bonds. The van der Waals surface area contributed by atoms with Crippen LogP contribution >= 0.6 is 0 Å². The fourth-order valence-corrected chi connectivity index (χ4v) is 4.15. The van der Waals surface area contributed by atoms with E-state index in [4.69, 9.17) is 9.15 Å². The van der Waals surface area contributed by atoms with Crippen molar-refractivity contribution in [3.8, 4) is 5.75 Å². The minimum absolute atomic E-state index is 0.0116. The molecule has 1 N–H and O–H groups in total. The molecule has 21 heavy (non-hydrogen) atoms. The number of para-hydroxylation sites is 1. The summed E-state index contributed by atoms with van der Waals surface area (Å²) in [6.07, 6.45) is 0.442. The van der Waals surface area contributed by atoms with Crippen molar-refractivity contribution in [2.24, 2.45) is 0 Å². The predicted molar refractivity (Wildman–Crippen MR) is 77.3 cm³/mol. The Labute approximate surface area is 122 Å². The van der Waals surface area contributed by atoms with Gasteiger partial charge in [0.15, 0.2) is 26.9 Å². The first kappa shape index (κ1) is 13.9. The second-order valence-corrected chi connectivity index (χ2v) is 7.29. The number of carbonyl (C=O) groups is 1. The molecule has 3 rings (SSSR count). The Hall–Kier alpha value is -2.02. The van der Waals surface area contributed by atoms with E-state index in [1.54, 1.807) is 12.1 Å².